The molecule has 0 radical (unpaired) electrons. The lowest BCUT2D eigenvalue weighted by atomic mass is 9.69. The molecule has 1 aromatic rings. The second kappa shape index (κ2) is 4.29. The normalized spacial score (nSPS) is 35.4. The largest absolute Gasteiger partial charge is 0.330 e. The van der Waals surface area contributed by atoms with Crippen LogP contribution in [0, 0.1) is 17.3 Å². The van der Waals surface area contributed by atoms with E-state index in [1.54, 1.807) is 0 Å². The first kappa shape index (κ1) is 11.6. The van der Waals surface area contributed by atoms with Crippen LogP contribution in [-0.4, -0.2) is 6.54 Å². The molecular formula is C15H20ClN. The monoisotopic (exact) mass is 249 g/mol. The number of fused-ring (bicyclic) bond motifs is 2. The molecule has 3 atom stereocenters. The predicted molar refractivity (Wildman–Crippen MR) is 72.1 cm³/mol. The van der Waals surface area contributed by atoms with Gasteiger partial charge in [0, 0.05) is 5.02 Å². The van der Waals surface area contributed by atoms with Crippen LogP contribution in [0.1, 0.15) is 31.2 Å². The molecule has 2 saturated carbocycles. The third-order valence-electron chi connectivity index (χ3n) is 5.01. The van der Waals surface area contributed by atoms with Gasteiger partial charge < -0.3 is 5.73 Å². The molecule has 2 fully saturated rings. The summed E-state index contributed by atoms with van der Waals surface area (Å²) in [5, 5.41) is 0.906. The Morgan fingerprint density at radius 2 is 2.12 bits per heavy atom. The summed E-state index contributed by atoms with van der Waals surface area (Å²) in [7, 11) is 0. The van der Waals surface area contributed by atoms with E-state index in [4.69, 9.17) is 17.3 Å². The van der Waals surface area contributed by atoms with E-state index >= 15 is 0 Å². The van der Waals surface area contributed by atoms with Gasteiger partial charge in [0.25, 0.3) is 0 Å². The number of halogens is 1. The van der Waals surface area contributed by atoms with Crippen molar-refractivity contribution in [3.63, 3.8) is 0 Å². The van der Waals surface area contributed by atoms with Crippen molar-refractivity contribution in [3.8, 4) is 0 Å². The average molecular weight is 250 g/mol. The highest BCUT2D eigenvalue weighted by Gasteiger charge is 2.49. The smallest absolute Gasteiger partial charge is 0.0438 e. The van der Waals surface area contributed by atoms with E-state index in [9.17, 15) is 0 Å². The first-order chi connectivity index (χ1) is 8.23. The Hall–Kier alpha value is -0.530. The Bertz CT molecular complexity index is 417. The highest BCUT2D eigenvalue weighted by molar-refractivity contribution is 6.31. The van der Waals surface area contributed by atoms with Crippen molar-refractivity contribution in [2.24, 2.45) is 23.0 Å². The summed E-state index contributed by atoms with van der Waals surface area (Å²) in [4.78, 5) is 0. The van der Waals surface area contributed by atoms with Crippen LogP contribution in [0.2, 0.25) is 5.02 Å². The van der Waals surface area contributed by atoms with Crippen molar-refractivity contribution >= 4 is 11.6 Å². The molecule has 2 N–H and O–H groups in total. The maximum absolute atomic E-state index is 6.28. The lowest BCUT2D eigenvalue weighted by Crippen LogP contribution is -2.37. The standard InChI is InChI=1S/C15H20ClN/c16-14-4-2-1-3-12(14)9-15(10-17)8-11-5-6-13(15)7-11/h1-4,11,13H,5-10,17H2. The van der Waals surface area contributed by atoms with Crippen molar-refractivity contribution in [3.05, 3.63) is 34.9 Å². The van der Waals surface area contributed by atoms with E-state index < -0.39 is 0 Å². The van der Waals surface area contributed by atoms with Gasteiger partial charge in [-0.15, -0.1) is 0 Å². The Labute approximate surface area is 108 Å². The van der Waals surface area contributed by atoms with E-state index in [1.807, 2.05) is 12.1 Å². The van der Waals surface area contributed by atoms with Gasteiger partial charge in [0.2, 0.25) is 0 Å². The van der Waals surface area contributed by atoms with Crippen molar-refractivity contribution < 1.29 is 0 Å². The third-order valence-corrected chi connectivity index (χ3v) is 5.38. The zero-order valence-corrected chi connectivity index (χ0v) is 10.9. The molecule has 1 nitrogen and oxygen atoms in total. The lowest BCUT2D eigenvalue weighted by molar-refractivity contribution is 0.172. The van der Waals surface area contributed by atoms with Gasteiger partial charge in [-0.2, -0.15) is 0 Å². The molecule has 0 heterocycles. The van der Waals surface area contributed by atoms with Gasteiger partial charge in [-0.25, -0.2) is 0 Å². The topological polar surface area (TPSA) is 26.0 Å². The van der Waals surface area contributed by atoms with Crippen LogP contribution >= 0.6 is 11.6 Å². The first-order valence-electron chi connectivity index (χ1n) is 6.67. The molecule has 2 bridgehead atoms. The molecule has 2 aliphatic carbocycles. The first-order valence-corrected chi connectivity index (χ1v) is 7.05. The minimum Gasteiger partial charge on any atom is -0.330 e. The van der Waals surface area contributed by atoms with Crippen LogP contribution in [-0.2, 0) is 6.42 Å². The lowest BCUT2D eigenvalue weighted by Gasteiger charge is -2.37. The predicted octanol–water partition coefficient (Wildman–Crippen LogP) is 3.65. The fourth-order valence-electron chi connectivity index (χ4n) is 4.12. The van der Waals surface area contributed by atoms with Gasteiger partial charge >= 0.3 is 0 Å². The molecule has 0 aliphatic heterocycles. The highest BCUT2D eigenvalue weighted by atomic mass is 35.5. The summed E-state index contributed by atoms with van der Waals surface area (Å²) in [6, 6.07) is 8.24. The van der Waals surface area contributed by atoms with Crippen molar-refractivity contribution in [2.75, 3.05) is 6.54 Å². The highest BCUT2D eigenvalue weighted by Crippen LogP contribution is 2.57. The van der Waals surface area contributed by atoms with E-state index in [0.717, 1.165) is 29.8 Å². The van der Waals surface area contributed by atoms with E-state index in [1.165, 1.54) is 31.2 Å². The van der Waals surface area contributed by atoms with Crippen molar-refractivity contribution in [1.82, 2.24) is 0 Å². The van der Waals surface area contributed by atoms with Gasteiger partial charge in [-0.1, -0.05) is 36.2 Å². The number of benzene rings is 1. The van der Waals surface area contributed by atoms with Gasteiger partial charge in [0.1, 0.15) is 0 Å². The minimum atomic E-state index is 0.341. The molecule has 0 aromatic heterocycles. The van der Waals surface area contributed by atoms with Gasteiger partial charge in [0.05, 0.1) is 0 Å². The van der Waals surface area contributed by atoms with Crippen LogP contribution < -0.4 is 5.73 Å². The van der Waals surface area contributed by atoms with Crippen LogP contribution in [0.25, 0.3) is 0 Å². The summed E-state index contributed by atoms with van der Waals surface area (Å²) in [6.07, 6.45) is 6.60. The molecule has 2 aliphatic rings. The Morgan fingerprint density at radius 1 is 1.29 bits per heavy atom. The summed E-state index contributed by atoms with van der Waals surface area (Å²) in [6.45, 7) is 0.819. The van der Waals surface area contributed by atoms with Crippen molar-refractivity contribution in [1.29, 1.82) is 0 Å². The zero-order chi connectivity index (χ0) is 11.9. The van der Waals surface area contributed by atoms with Gasteiger partial charge in [-0.05, 0) is 61.1 Å². The second-order valence-corrected chi connectivity index (χ2v) is 6.32. The summed E-state index contributed by atoms with van der Waals surface area (Å²) in [5.74, 6) is 1.78. The molecule has 3 rings (SSSR count). The maximum Gasteiger partial charge on any atom is 0.0438 e. The van der Waals surface area contributed by atoms with E-state index in [0.29, 0.717) is 5.41 Å². The minimum absolute atomic E-state index is 0.341. The number of nitrogens with two attached hydrogens (primary N) is 1. The van der Waals surface area contributed by atoms with Gasteiger partial charge in [0.15, 0.2) is 0 Å². The molecule has 0 spiro atoms. The zero-order valence-electron chi connectivity index (χ0n) is 10.2. The summed E-state index contributed by atoms with van der Waals surface area (Å²) >= 11 is 6.28. The molecule has 17 heavy (non-hydrogen) atoms. The Morgan fingerprint density at radius 3 is 2.71 bits per heavy atom. The van der Waals surface area contributed by atoms with E-state index in [-0.39, 0.29) is 0 Å². The fourth-order valence-corrected chi connectivity index (χ4v) is 4.32. The number of hydrogen-bond donors (Lipinski definition) is 1. The maximum atomic E-state index is 6.28. The van der Waals surface area contributed by atoms with Crippen LogP contribution in [0.15, 0.2) is 24.3 Å². The second-order valence-electron chi connectivity index (χ2n) is 5.91. The fraction of sp³-hybridized carbons (Fsp3) is 0.600. The molecule has 92 valence electrons. The number of hydrogen-bond acceptors (Lipinski definition) is 1. The Balaban J connectivity index is 1.86. The van der Waals surface area contributed by atoms with E-state index in [2.05, 4.69) is 12.1 Å². The van der Waals surface area contributed by atoms with Crippen LogP contribution in [0.4, 0.5) is 0 Å². The van der Waals surface area contributed by atoms with Gasteiger partial charge in [-0.3, -0.25) is 0 Å². The average Bonchev–Trinajstić information content (AvgIpc) is 2.93. The SMILES string of the molecule is NCC1(Cc2ccccc2Cl)CC2CCC1C2. The molecule has 3 unspecified atom stereocenters. The van der Waals surface area contributed by atoms with Crippen molar-refractivity contribution in [2.45, 2.75) is 32.1 Å². The third kappa shape index (κ3) is 1.90. The molecule has 0 saturated heterocycles. The quantitative estimate of drug-likeness (QED) is 0.870. The Kier molecular flexibility index (Phi) is 2.92. The summed E-state index contributed by atoms with van der Waals surface area (Å²) in [5.41, 5.74) is 7.74. The van der Waals surface area contributed by atoms with Crippen LogP contribution in [0.3, 0.4) is 0 Å². The van der Waals surface area contributed by atoms with Crippen LogP contribution in [0.5, 0.6) is 0 Å². The number of rotatable bonds is 3. The molecule has 2 heteroatoms. The molecule has 1 aromatic carbocycles. The molecular weight excluding hydrogens is 230 g/mol. The summed E-state index contributed by atoms with van der Waals surface area (Å²) < 4.78 is 0. The molecule has 0 amide bonds.